The zero-order valence-electron chi connectivity index (χ0n) is 16.9. The Bertz CT molecular complexity index is 591. The van der Waals surface area contributed by atoms with Crippen molar-refractivity contribution >= 4 is 14.4 Å². The van der Waals surface area contributed by atoms with Crippen LogP contribution < -0.4 is 5.73 Å². The lowest BCUT2D eigenvalue weighted by Crippen LogP contribution is -2.58. The van der Waals surface area contributed by atoms with Crippen LogP contribution in [0.5, 0.6) is 0 Å². The average Bonchev–Trinajstić information content (AvgIpc) is 2.60. The standard InChI is InChI=1S/C20H34N2O3Si/c1-19(2,3)26(4,5)25-20(16-21)11-13-22(14-12-20)18(23)24-15-17-9-7-6-8-10-17/h6-10H,11-16,21H2,1-5H3. The van der Waals surface area contributed by atoms with Gasteiger partial charge in [-0.1, -0.05) is 51.1 Å². The molecule has 0 bridgehead atoms. The fourth-order valence-corrected chi connectivity index (χ4v) is 4.63. The van der Waals surface area contributed by atoms with E-state index in [1.165, 1.54) is 0 Å². The summed E-state index contributed by atoms with van der Waals surface area (Å²) in [5.41, 5.74) is 6.78. The Morgan fingerprint density at radius 3 is 2.27 bits per heavy atom. The van der Waals surface area contributed by atoms with E-state index in [9.17, 15) is 4.79 Å². The number of amides is 1. The van der Waals surface area contributed by atoms with Gasteiger partial charge in [-0.15, -0.1) is 0 Å². The van der Waals surface area contributed by atoms with Crippen LogP contribution >= 0.6 is 0 Å². The summed E-state index contributed by atoms with van der Waals surface area (Å²) in [6.45, 7) is 13.3. The molecule has 0 aliphatic carbocycles. The topological polar surface area (TPSA) is 64.8 Å². The summed E-state index contributed by atoms with van der Waals surface area (Å²) in [6.07, 6.45) is 1.26. The van der Waals surface area contributed by atoms with Crippen molar-refractivity contribution in [3.05, 3.63) is 35.9 Å². The van der Waals surface area contributed by atoms with Crippen molar-refractivity contribution in [3.63, 3.8) is 0 Å². The molecule has 26 heavy (non-hydrogen) atoms. The van der Waals surface area contributed by atoms with E-state index in [1.807, 2.05) is 30.3 Å². The van der Waals surface area contributed by atoms with E-state index in [2.05, 4.69) is 33.9 Å². The molecule has 6 heteroatoms. The number of benzene rings is 1. The minimum atomic E-state index is -1.91. The summed E-state index contributed by atoms with van der Waals surface area (Å²) >= 11 is 0. The molecule has 0 spiro atoms. The second-order valence-corrected chi connectivity index (χ2v) is 13.5. The first-order valence-corrected chi connectivity index (χ1v) is 12.4. The van der Waals surface area contributed by atoms with Gasteiger partial charge in [0, 0.05) is 19.6 Å². The van der Waals surface area contributed by atoms with Gasteiger partial charge in [0.2, 0.25) is 0 Å². The van der Waals surface area contributed by atoms with Crippen molar-refractivity contribution in [1.29, 1.82) is 0 Å². The lowest BCUT2D eigenvalue weighted by Gasteiger charge is -2.48. The zero-order chi connectivity index (χ0) is 19.4. The second-order valence-electron chi connectivity index (χ2n) is 8.78. The number of hydrogen-bond acceptors (Lipinski definition) is 4. The van der Waals surface area contributed by atoms with Crippen LogP contribution in [0.3, 0.4) is 0 Å². The monoisotopic (exact) mass is 378 g/mol. The van der Waals surface area contributed by atoms with Crippen LogP contribution in [0, 0.1) is 0 Å². The second kappa shape index (κ2) is 8.11. The van der Waals surface area contributed by atoms with Crippen molar-refractivity contribution in [3.8, 4) is 0 Å². The van der Waals surface area contributed by atoms with Crippen LogP contribution in [0.4, 0.5) is 4.79 Å². The summed E-state index contributed by atoms with van der Waals surface area (Å²) in [4.78, 5) is 14.1. The zero-order valence-corrected chi connectivity index (χ0v) is 17.9. The van der Waals surface area contributed by atoms with Gasteiger partial charge in [-0.25, -0.2) is 4.79 Å². The molecule has 1 fully saturated rings. The first kappa shape index (κ1) is 20.9. The summed E-state index contributed by atoms with van der Waals surface area (Å²) in [7, 11) is -1.91. The predicted molar refractivity (Wildman–Crippen MR) is 108 cm³/mol. The van der Waals surface area contributed by atoms with Gasteiger partial charge in [0.25, 0.3) is 0 Å². The van der Waals surface area contributed by atoms with E-state index in [0.717, 1.165) is 18.4 Å². The fraction of sp³-hybridized carbons (Fsp3) is 0.650. The highest BCUT2D eigenvalue weighted by Crippen LogP contribution is 2.41. The number of nitrogens with two attached hydrogens (primary N) is 1. The molecule has 1 aromatic rings. The Kier molecular flexibility index (Phi) is 6.53. The lowest BCUT2D eigenvalue weighted by atomic mass is 9.92. The van der Waals surface area contributed by atoms with E-state index < -0.39 is 8.32 Å². The molecule has 0 saturated carbocycles. The Morgan fingerprint density at radius 1 is 1.19 bits per heavy atom. The van der Waals surface area contributed by atoms with Crippen LogP contribution in [0.15, 0.2) is 30.3 Å². The van der Waals surface area contributed by atoms with E-state index >= 15 is 0 Å². The highest BCUT2D eigenvalue weighted by molar-refractivity contribution is 6.74. The molecule has 1 heterocycles. The van der Waals surface area contributed by atoms with Gasteiger partial charge in [-0.3, -0.25) is 0 Å². The predicted octanol–water partition coefficient (Wildman–Crippen LogP) is 4.14. The minimum absolute atomic E-state index is 0.140. The van der Waals surface area contributed by atoms with Crippen LogP contribution in [0.2, 0.25) is 18.1 Å². The summed E-state index contributed by atoms with van der Waals surface area (Å²) in [5, 5.41) is 0.140. The first-order valence-electron chi connectivity index (χ1n) is 9.44. The number of piperidine rings is 1. The van der Waals surface area contributed by atoms with Crippen molar-refractivity contribution in [1.82, 2.24) is 4.90 Å². The maximum absolute atomic E-state index is 12.4. The molecule has 1 saturated heterocycles. The Balaban J connectivity index is 1.90. The highest BCUT2D eigenvalue weighted by atomic mass is 28.4. The van der Waals surface area contributed by atoms with Gasteiger partial charge in [0.05, 0.1) is 5.60 Å². The molecular formula is C20H34N2O3Si. The Hall–Kier alpha value is -1.37. The van der Waals surface area contributed by atoms with E-state index in [4.69, 9.17) is 14.9 Å². The molecule has 1 aromatic carbocycles. The van der Waals surface area contributed by atoms with Crippen molar-refractivity contribution < 1.29 is 14.0 Å². The van der Waals surface area contributed by atoms with E-state index in [1.54, 1.807) is 4.90 Å². The van der Waals surface area contributed by atoms with Crippen molar-refractivity contribution in [2.24, 2.45) is 5.73 Å². The molecule has 0 radical (unpaired) electrons. The first-order chi connectivity index (χ1) is 12.1. The normalized spacial score (nSPS) is 17.8. The molecule has 2 N–H and O–H groups in total. The van der Waals surface area contributed by atoms with Crippen molar-refractivity contribution in [2.75, 3.05) is 19.6 Å². The highest BCUT2D eigenvalue weighted by Gasteiger charge is 2.46. The van der Waals surface area contributed by atoms with E-state index in [0.29, 0.717) is 26.2 Å². The maximum atomic E-state index is 12.4. The molecule has 0 unspecified atom stereocenters. The number of hydrogen-bond donors (Lipinski definition) is 1. The number of likely N-dealkylation sites (tertiary alicyclic amines) is 1. The molecule has 0 aromatic heterocycles. The SMILES string of the molecule is CC(C)(C)[Si](C)(C)OC1(CN)CCN(C(=O)OCc2ccccc2)CC1. The lowest BCUT2D eigenvalue weighted by molar-refractivity contribution is -0.00440. The Morgan fingerprint density at radius 2 is 1.77 bits per heavy atom. The van der Waals surface area contributed by atoms with Crippen LogP contribution in [0.1, 0.15) is 39.2 Å². The van der Waals surface area contributed by atoms with Gasteiger partial charge < -0.3 is 19.8 Å². The average molecular weight is 379 g/mol. The minimum Gasteiger partial charge on any atom is -0.445 e. The molecular weight excluding hydrogens is 344 g/mol. The third-order valence-electron chi connectivity index (χ3n) is 5.79. The Labute approximate surface area is 159 Å². The summed E-state index contributed by atoms with van der Waals surface area (Å²) in [5.74, 6) is 0. The van der Waals surface area contributed by atoms with Crippen LogP contribution in [0.25, 0.3) is 0 Å². The fourth-order valence-electron chi connectivity index (χ4n) is 2.95. The van der Waals surface area contributed by atoms with Gasteiger partial charge in [0.15, 0.2) is 8.32 Å². The molecule has 1 amide bonds. The maximum Gasteiger partial charge on any atom is 0.410 e. The number of nitrogens with zero attached hydrogens (tertiary/aromatic N) is 1. The molecule has 2 rings (SSSR count). The number of ether oxygens (including phenoxy) is 1. The molecule has 0 atom stereocenters. The number of rotatable bonds is 5. The molecule has 146 valence electrons. The summed E-state index contributed by atoms with van der Waals surface area (Å²) < 4.78 is 12.1. The van der Waals surface area contributed by atoms with Gasteiger partial charge in [-0.05, 0) is 36.5 Å². The quantitative estimate of drug-likeness (QED) is 0.782. The molecule has 5 nitrogen and oxygen atoms in total. The third-order valence-corrected chi connectivity index (χ3v) is 10.3. The molecule has 1 aliphatic heterocycles. The smallest absolute Gasteiger partial charge is 0.410 e. The van der Waals surface area contributed by atoms with Crippen molar-refractivity contribution in [2.45, 2.75) is 64.0 Å². The van der Waals surface area contributed by atoms with Gasteiger partial charge in [0.1, 0.15) is 6.61 Å². The number of carbonyl (C=O) groups is 1. The summed E-state index contributed by atoms with van der Waals surface area (Å²) in [6, 6.07) is 9.74. The molecule has 1 aliphatic rings. The number of carbonyl (C=O) groups excluding carboxylic acids is 1. The van der Waals surface area contributed by atoms with Crippen LogP contribution in [-0.4, -0.2) is 44.5 Å². The van der Waals surface area contributed by atoms with E-state index in [-0.39, 0.29) is 16.7 Å². The van der Waals surface area contributed by atoms with Gasteiger partial charge >= 0.3 is 6.09 Å². The third kappa shape index (κ3) is 5.08. The van der Waals surface area contributed by atoms with Crippen LogP contribution in [-0.2, 0) is 15.8 Å². The van der Waals surface area contributed by atoms with Gasteiger partial charge in [-0.2, -0.15) is 0 Å². The largest absolute Gasteiger partial charge is 0.445 e.